The number of amides is 1. The number of nitrogens with one attached hydrogen (secondary N) is 1. The third-order valence-corrected chi connectivity index (χ3v) is 4.21. The van der Waals surface area contributed by atoms with Gasteiger partial charge in [-0.1, -0.05) is 44.2 Å². The van der Waals surface area contributed by atoms with Crippen molar-refractivity contribution in [2.75, 3.05) is 5.32 Å². The Bertz CT molecular complexity index is 544. The molecule has 0 fully saturated rings. The number of halogens is 1. The Morgan fingerprint density at radius 1 is 1.23 bits per heavy atom. The van der Waals surface area contributed by atoms with Crippen molar-refractivity contribution in [3.8, 4) is 0 Å². The van der Waals surface area contributed by atoms with Gasteiger partial charge in [0.25, 0.3) is 0 Å². The van der Waals surface area contributed by atoms with Gasteiger partial charge in [0, 0.05) is 17.1 Å². The summed E-state index contributed by atoms with van der Waals surface area (Å²) in [5.41, 5.74) is 0.756. The third kappa shape index (κ3) is 7.95. The molecule has 3 N–H and O–H groups in total. The normalized spacial score (nSPS) is 11.5. The van der Waals surface area contributed by atoms with Crippen LogP contribution in [0.2, 0.25) is 5.02 Å². The Labute approximate surface area is 136 Å². The summed E-state index contributed by atoms with van der Waals surface area (Å²) < 4.78 is 11.2. The highest BCUT2D eigenvalue weighted by Gasteiger charge is 2.18. The maximum Gasteiger partial charge on any atom is 0.329 e. The molecule has 0 unspecified atom stereocenters. The van der Waals surface area contributed by atoms with Gasteiger partial charge < -0.3 is 15.1 Å². The minimum atomic E-state index is -4.22. The van der Waals surface area contributed by atoms with Crippen molar-refractivity contribution in [1.82, 2.24) is 0 Å². The van der Waals surface area contributed by atoms with Crippen LogP contribution in [0.3, 0.4) is 0 Å². The van der Waals surface area contributed by atoms with Gasteiger partial charge in [-0.25, -0.2) is 0 Å². The summed E-state index contributed by atoms with van der Waals surface area (Å²) in [7, 11) is -4.22. The average Bonchev–Trinajstić information content (AvgIpc) is 2.40. The van der Waals surface area contributed by atoms with E-state index in [0.29, 0.717) is 22.7 Å². The Kier molecular flexibility index (Phi) is 8.12. The molecule has 1 rings (SSSR count). The van der Waals surface area contributed by atoms with Gasteiger partial charge in [-0.15, -0.1) is 0 Å². The summed E-state index contributed by atoms with van der Waals surface area (Å²) in [6.45, 7) is 2.13. The van der Waals surface area contributed by atoms with Crippen LogP contribution in [0.25, 0.3) is 0 Å². The second kappa shape index (κ2) is 9.31. The summed E-state index contributed by atoms with van der Waals surface area (Å²) in [5, 5.41) is 3.09. The molecular formula is C15H23ClNO4P. The molecule has 1 amide bonds. The molecule has 22 heavy (non-hydrogen) atoms. The zero-order valence-electron chi connectivity index (χ0n) is 12.7. The minimum absolute atomic E-state index is 0.147. The molecule has 1 aromatic rings. The van der Waals surface area contributed by atoms with Gasteiger partial charge >= 0.3 is 7.60 Å². The number of rotatable bonds is 9. The number of anilines is 1. The average molecular weight is 348 g/mol. The third-order valence-electron chi connectivity index (χ3n) is 3.23. The van der Waals surface area contributed by atoms with Crippen molar-refractivity contribution in [1.29, 1.82) is 0 Å². The van der Waals surface area contributed by atoms with Crippen LogP contribution in [0.15, 0.2) is 18.2 Å². The van der Waals surface area contributed by atoms with Gasteiger partial charge in [0.05, 0.1) is 6.16 Å². The van der Waals surface area contributed by atoms with Crippen LogP contribution in [0, 0.1) is 0 Å². The number of carbonyl (C=O) groups is 1. The number of hydrogen-bond acceptors (Lipinski definition) is 2. The van der Waals surface area contributed by atoms with E-state index in [0.717, 1.165) is 25.7 Å². The molecule has 1 aromatic carbocycles. The van der Waals surface area contributed by atoms with E-state index in [1.165, 1.54) is 12.5 Å². The molecule has 0 radical (unpaired) electrons. The van der Waals surface area contributed by atoms with Crippen molar-refractivity contribution in [3.63, 3.8) is 0 Å². The highest BCUT2D eigenvalue weighted by molar-refractivity contribution is 7.50. The molecule has 0 spiro atoms. The van der Waals surface area contributed by atoms with Crippen LogP contribution in [0.5, 0.6) is 0 Å². The topological polar surface area (TPSA) is 86.6 Å². The lowest BCUT2D eigenvalue weighted by Gasteiger charge is -2.12. The fourth-order valence-corrected chi connectivity index (χ4v) is 3.04. The van der Waals surface area contributed by atoms with Crippen molar-refractivity contribution in [2.24, 2.45) is 0 Å². The molecular weight excluding hydrogens is 325 g/mol. The largest absolute Gasteiger partial charge is 0.329 e. The van der Waals surface area contributed by atoms with Crippen LogP contribution >= 0.6 is 19.2 Å². The quantitative estimate of drug-likeness (QED) is 0.458. The summed E-state index contributed by atoms with van der Waals surface area (Å²) >= 11 is 5.85. The smallest absolute Gasteiger partial charge is 0.326 e. The second-order valence-electron chi connectivity index (χ2n) is 5.34. The van der Waals surface area contributed by atoms with Crippen molar-refractivity contribution < 1.29 is 19.1 Å². The Morgan fingerprint density at radius 3 is 2.55 bits per heavy atom. The summed E-state index contributed by atoms with van der Waals surface area (Å²) in [5.74, 6) is -0.147. The summed E-state index contributed by atoms with van der Waals surface area (Å²) in [6, 6.07) is 4.63. The van der Waals surface area contributed by atoms with E-state index in [9.17, 15) is 9.36 Å². The highest BCUT2D eigenvalue weighted by atomic mass is 35.5. The van der Waals surface area contributed by atoms with Crippen LogP contribution in [0.4, 0.5) is 5.69 Å². The SMILES string of the molecule is CCCCCCCC(=O)Nc1ccc(Cl)cc1CP(=O)(O)O. The molecule has 0 aliphatic heterocycles. The van der Waals surface area contributed by atoms with Crippen molar-refractivity contribution in [3.05, 3.63) is 28.8 Å². The van der Waals surface area contributed by atoms with E-state index >= 15 is 0 Å². The van der Waals surface area contributed by atoms with Crippen LogP contribution in [0.1, 0.15) is 51.0 Å². The van der Waals surface area contributed by atoms with Gasteiger partial charge in [-0.3, -0.25) is 9.36 Å². The second-order valence-corrected chi connectivity index (χ2v) is 7.42. The Balaban J connectivity index is 2.60. The Hall–Kier alpha value is -0.870. The molecule has 5 nitrogen and oxygen atoms in total. The number of benzene rings is 1. The molecule has 0 aliphatic carbocycles. The molecule has 0 saturated heterocycles. The van der Waals surface area contributed by atoms with Gasteiger partial charge in [-0.2, -0.15) is 0 Å². The van der Waals surface area contributed by atoms with Gasteiger partial charge in [-0.05, 0) is 30.2 Å². The molecule has 0 aliphatic rings. The standard InChI is InChI=1S/C15H23ClNO4P/c1-2-3-4-5-6-7-15(18)17-14-9-8-13(16)10-12(14)11-22(19,20)21/h8-10H,2-7,11H2,1H3,(H,17,18)(H2,19,20,21). The first-order chi connectivity index (χ1) is 10.3. The zero-order valence-corrected chi connectivity index (χ0v) is 14.4. The van der Waals surface area contributed by atoms with Gasteiger partial charge in [0.15, 0.2) is 0 Å². The predicted octanol–water partition coefficient (Wildman–Crippen LogP) is 4.32. The molecule has 0 atom stereocenters. The fourth-order valence-electron chi connectivity index (χ4n) is 2.14. The van der Waals surface area contributed by atoms with Crippen molar-refractivity contribution in [2.45, 2.75) is 51.6 Å². The first kappa shape index (κ1) is 19.2. The fraction of sp³-hybridized carbons (Fsp3) is 0.533. The molecule has 124 valence electrons. The predicted molar refractivity (Wildman–Crippen MR) is 89.2 cm³/mol. The van der Waals surface area contributed by atoms with E-state index in [1.807, 2.05) is 0 Å². The van der Waals surface area contributed by atoms with Crippen LogP contribution in [-0.2, 0) is 15.5 Å². The van der Waals surface area contributed by atoms with E-state index in [2.05, 4.69) is 12.2 Å². The number of unbranched alkanes of at least 4 members (excludes halogenated alkanes) is 4. The number of hydrogen-bond donors (Lipinski definition) is 3. The van der Waals surface area contributed by atoms with E-state index < -0.39 is 13.8 Å². The molecule has 0 bridgehead atoms. The van der Waals surface area contributed by atoms with Gasteiger partial charge in [0.1, 0.15) is 0 Å². The first-order valence-electron chi connectivity index (χ1n) is 7.44. The molecule has 0 aromatic heterocycles. The lowest BCUT2D eigenvalue weighted by Crippen LogP contribution is -2.12. The number of carbonyl (C=O) groups excluding carboxylic acids is 1. The van der Waals surface area contributed by atoms with E-state index in [4.69, 9.17) is 21.4 Å². The molecule has 0 saturated carbocycles. The summed E-state index contributed by atoms with van der Waals surface area (Å²) in [6.07, 6.45) is 5.23. The van der Waals surface area contributed by atoms with Gasteiger partial charge in [0.2, 0.25) is 5.91 Å². The minimum Gasteiger partial charge on any atom is -0.326 e. The van der Waals surface area contributed by atoms with E-state index in [1.54, 1.807) is 12.1 Å². The maximum atomic E-state index is 11.9. The van der Waals surface area contributed by atoms with E-state index in [-0.39, 0.29) is 5.91 Å². The monoisotopic (exact) mass is 347 g/mol. The van der Waals surface area contributed by atoms with Crippen LogP contribution < -0.4 is 5.32 Å². The van der Waals surface area contributed by atoms with Crippen molar-refractivity contribution >= 4 is 30.8 Å². The lowest BCUT2D eigenvalue weighted by atomic mass is 10.1. The van der Waals surface area contributed by atoms with Crippen LogP contribution in [-0.4, -0.2) is 15.7 Å². The highest BCUT2D eigenvalue weighted by Crippen LogP contribution is 2.41. The zero-order chi connectivity index (χ0) is 16.6. The summed E-state index contributed by atoms with van der Waals surface area (Å²) in [4.78, 5) is 30.1. The maximum absolute atomic E-state index is 11.9. The molecule has 0 heterocycles. The Morgan fingerprint density at radius 2 is 1.91 bits per heavy atom. The lowest BCUT2D eigenvalue weighted by molar-refractivity contribution is -0.116. The first-order valence-corrected chi connectivity index (χ1v) is 9.62. The molecule has 7 heteroatoms.